The Kier molecular flexibility index (Phi) is 6.24. The fourth-order valence-corrected chi connectivity index (χ4v) is 2.28. The van der Waals surface area contributed by atoms with E-state index in [9.17, 15) is 4.79 Å². The zero-order valence-corrected chi connectivity index (χ0v) is 12.2. The zero-order valence-electron chi connectivity index (χ0n) is 11.3. The van der Waals surface area contributed by atoms with E-state index in [0.717, 1.165) is 30.2 Å². The minimum Gasteiger partial charge on any atom is -0.348 e. The average molecular weight is 270 g/mol. The van der Waals surface area contributed by atoms with E-state index >= 15 is 0 Å². The van der Waals surface area contributed by atoms with E-state index in [1.54, 1.807) is 30.3 Å². The molecule has 0 bridgehead atoms. The van der Waals surface area contributed by atoms with Crippen molar-refractivity contribution in [3.63, 3.8) is 0 Å². The lowest BCUT2D eigenvalue weighted by molar-refractivity contribution is -0.127. The van der Waals surface area contributed by atoms with Gasteiger partial charge in [0.05, 0.1) is 12.1 Å². The molecule has 0 spiro atoms. The SMILES string of the molecule is CN(CCCN)Cc1csc(CC(=O)N(C)C)n1. The van der Waals surface area contributed by atoms with Crippen LogP contribution in [0.2, 0.25) is 0 Å². The number of hydrogen-bond acceptors (Lipinski definition) is 5. The molecule has 0 fully saturated rings. The van der Waals surface area contributed by atoms with Crippen LogP contribution in [0.25, 0.3) is 0 Å². The third-order valence-electron chi connectivity index (χ3n) is 2.58. The van der Waals surface area contributed by atoms with Crippen LogP contribution in [0.15, 0.2) is 5.38 Å². The topological polar surface area (TPSA) is 62.5 Å². The highest BCUT2D eigenvalue weighted by Gasteiger charge is 2.10. The summed E-state index contributed by atoms with van der Waals surface area (Å²) in [6.45, 7) is 2.50. The van der Waals surface area contributed by atoms with Gasteiger partial charge in [0.1, 0.15) is 5.01 Å². The molecule has 0 saturated carbocycles. The Morgan fingerprint density at radius 3 is 2.78 bits per heavy atom. The molecule has 0 aliphatic carbocycles. The van der Waals surface area contributed by atoms with Gasteiger partial charge in [-0.15, -0.1) is 11.3 Å². The Balaban J connectivity index is 2.45. The lowest BCUT2D eigenvalue weighted by Gasteiger charge is -2.14. The number of rotatable bonds is 7. The molecule has 2 N–H and O–H groups in total. The first-order valence-electron chi connectivity index (χ1n) is 6.05. The van der Waals surface area contributed by atoms with Crippen molar-refractivity contribution in [3.8, 4) is 0 Å². The smallest absolute Gasteiger partial charge is 0.228 e. The Morgan fingerprint density at radius 1 is 1.44 bits per heavy atom. The van der Waals surface area contributed by atoms with Crippen LogP contribution in [0.1, 0.15) is 17.1 Å². The molecule has 5 nitrogen and oxygen atoms in total. The van der Waals surface area contributed by atoms with Crippen molar-refractivity contribution < 1.29 is 4.79 Å². The van der Waals surface area contributed by atoms with Crippen molar-refractivity contribution in [1.82, 2.24) is 14.8 Å². The maximum Gasteiger partial charge on any atom is 0.228 e. The second-order valence-electron chi connectivity index (χ2n) is 4.58. The largest absolute Gasteiger partial charge is 0.348 e. The molecule has 0 aromatic carbocycles. The summed E-state index contributed by atoms with van der Waals surface area (Å²) in [4.78, 5) is 19.8. The number of carbonyl (C=O) groups is 1. The van der Waals surface area contributed by atoms with Crippen LogP contribution in [0.4, 0.5) is 0 Å². The molecule has 1 rings (SSSR count). The highest BCUT2D eigenvalue weighted by atomic mass is 32.1. The quantitative estimate of drug-likeness (QED) is 0.786. The summed E-state index contributed by atoms with van der Waals surface area (Å²) in [5.74, 6) is 0.0902. The molecular weight excluding hydrogens is 248 g/mol. The molecule has 0 unspecified atom stereocenters. The van der Waals surface area contributed by atoms with E-state index in [-0.39, 0.29) is 5.91 Å². The van der Waals surface area contributed by atoms with Gasteiger partial charge in [0.15, 0.2) is 0 Å². The van der Waals surface area contributed by atoms with E-state index < -0.39 is 0 Å². The van der Waals surface area contributed by atoms with Crippen molar-refractivity contribution in [2.75, 3.05) is 34.2 Å². The normalized spacial score (nSPS) is 10.9. The van der Waals surface area contributed by atoms with Crippen molar-refractivity contribution in [1.29, 1.82) is 0 Å². The Labute approximate surface area is 113 Å². The molecule has 1 amide bonds. The van der Waals surface area contributed by atoms with Crippen LogP contribution in [0.5, 0.6) is 0 Å². The minimum absolute atomic E-state index is 0.0902. The van der Waals surface area contributed by atoms with Gasteiger partial charge >= 0.3 is 0 Å². The first-order chi connectivity index (χ1) is 8.52. The first-order valence-corrected chi connectivity index (χ1v) is 6.93. The molecule has 0 radical (unpaired) electrons. The molecule has 6 heteroatoms. The summed E-state index contributed by atoms with van der Waals surface area (Å²) < 4.78 is 0. The zero-order chi connectivity index (χ0) is 13.5. The van der Waals surface area contributed by atoms with Crippen molar-refractivity contribution in [2.24, 2.45) is 5.73 Å². The summed E-state index contributed by atoms with van der Waals surface area (Å²) in [5.41, 5.74) is 6.50. The van der Waals surface area contributed by atoms with Crippen molar-refractivity contribution >= 4 is 17.2 Å². The maximum atomic E-state index is 11.6. The molecule has 1 aromatic heterocycles. The fraction of sp³-hybridized carbons (Fsp3) is 0.667. The second kappa shape index (κ2) is 7.45. The second-order valence-corrected chi connectivity index (χ2v) is 5.52. The molecular formula is C12H22N4OS. The van der Waals surface area contributed by atoms with Gasteiger partial charge in [-0.25, -0.2) is 4.98 Å². The third kappa shape index (κ3) is 5.12. The van der Waals surface area contributed by atoms with E-state index in [0.29, 0.717) is 13.0 Å². The number of carbonyl (C=O) groups excluding carboxylic acids is 1. The molecule has 18 heavy (non-hydrogen) atoms. The van der Waals surface area contributed by atoms with Gasteiger partial charge in [0.2, 0.25) is 5.91 Å². The Hall–Kier alpha value is -0.980. The maximum absolute atomic E-state index is 11.6. The van der Waals surface area contributed by atoms with E-state index in [1.807, 2.05) is 5.38 Å². The van der Waals surface area contributed by atoms with E-state index in [4.69, 9.17) is 5.73 Å². The minimum atomic E-state index is 0.0902. The molecule has 1 heterocycles. The number of hydrogen-bond donors (Lipinski definition) is 1. The van der Waals surface area contributed by atoms with Gasteiger partial charge in [-0.2, -0.15) is 0 Å². The van der Waals surface area contributed by atoms with Gasteiger partial charge in [-0.05, 0) is 26.6 Å². The van der Waals surface area contributed by atoms with E-state index in [2.05, 4.69) is 16.9 Å². The van der Waals surface area contributed by atoms with Crippen LogP contribution >= 0.6 is 11.3 Å². The van der Waals surface area contributed by atoms with Crippen LogP contribution < -0.4 is 5.73 Å². The average Bonchev–Trinajstić information content (AvgIpc) is 2.73. The predicted octanol–water partition coefficient (Wildman–Crippen LogP) is 0.554. The van der Waals surface area contributed by atoms with Gasteiger partial charge in [-0.1, -0.05) is 0 Å². The van der Waals surface area contributed by atoms with Crippen LogP contribution in [-0.4, -0.2) is 54.9 Å². The van der Waals surface area contributed by atoms with Gasteiger partial charge in [0.25, 0.3) is 0 Å². The van der Waals surface area contributed by atoms with Gasteiger partial charge in [0, 0.05) is 26.0 Å². The number of thiazole rings is 1. The summed E-state index contributed by atoms with van der Waals surface area (Å²) in [7, 11) is 5.58. The Bertz CT molecular complexity index is 378. The standard InChI is InChI=1S/C12H22N4OS/c1-15(2)12(17)7-11-14-10(9-18-11)8-16(3)6-4-5-13/h9H,4-8,13H2,1-3H3. The molecule has 1 aromatic rings. The number of nitrogens with zero attached hydrogens (tertiary/aromatic N) is 3. The number of aromatic nitrogens is 1. The first kappa shape index (κ1) is 15.1. The Morgan fingerprint density at radius 2 is 2.17 bits per heavy atom. The van der Waals surface area contributed by atoms with Crippen LogP contribution in [0.3, 0.4) is 0 Å². The summed E-state index contributed by atoms with van der Waals surface area (Å²) in [6.07, 6.45) is 1.39. The van der Waals surface area contributed by atoms with Crippen LogP contribution in [0, 0.1) is 0 Å². The summed E-state index contributed by atoms with van der Waals surface area (Å²) >= 11 is 1.55. The lowest BCUT2D eigenvalue weighted by atomic mass is 10.3. The molecule has 0 saturated heterocycles. The highest BCUT2D eigenvalue weighted by Crippen LogP contribution is 2.12. The van der Waals surface area contributed by atoms with Crippen LogP contribution in [-0.2, 0) is 17.8 Å². The summed E-state index contributed by atoms with van der Waals surface area (Å²) in [5, 5.41) is 2.91. The summed E-state index contributed by atoms with van der Waals surface area (Å²) in [6, 6.07) is 0. The highest BCUT2D eigenvalue weighted by molar-refractivity contribution is 7.09. The van der Waals surface area contributed by atoms with E-state index in [1.165, 1.54) is 0 Å². The van der Waals surface area contributed by atoms with Gasteiger partial charge in [-0.3, -0.25) is 4.79 Å². The number of amides is 1. The fourth-order valence-electron chi connectivity index (χ4n) is 1.51. The lowest BCUT2D eigenvalue weighted by Crippen LogP contribution is -2.23. The van der Waals surface area contributed by atoms with Crippen molar-refractivity contribution in [2.45, 2.75) is 19.4 Å². The van der Waals surface area contributed by atoms with Crippen molar-refractivity contribution in [3.05, 3.63) is 16.1 Å². The number of likely N-dealkylation sites (N-methyl/N-ethyl adjacent to an activating group) is 1. The predicted molar refractivity (Wildman–Crippen MR) is 74.5 cm³/mol. The molecule has 0 aliphatic rings. The molecule has 0 atom stereocenters. The number of nitrogens with two attached hydrogens (primary N) is 1. The molecule has 0 aliphatic heterocycles. The third-order valence-corrected chi connectivity index (χ3v) is 3.47. The molecule has 102 valence electrons. The van der Waals surface area contributed by atoms with Gasteiger partial charge < -0.3 is 15.5 Å². The monoisotopic (exact) mass is 270 g/mol.